The second-order valence-electron chi connectivity index (χ2n) is 7.36. The average molecular weight is 445 g/mol. The molecule has 164 valence electrons. The van der Waals surface area contributed by atoms with Gasteiger partial charge in [-0.15, -0.1) is 0 Å². The SMILES string of the molecule is Cc1ccc(S(=O)(=O)NCCCN(C)C)cc1C(=O)ON1C(=O)c2ccccc2C1=O. The van der Waals surface area contributed by atoms with Crippen molar-refractivity contribution >= 4 is 27.8 Å². The third-order valence-corrected chi connectivity index (χ3v) is 6.20. The molecule has 1 N–H and O–H groups in total. The summed E-state index contributed by atoms with van der Waals surface area (Å²) in [6.07, 6.45) is 0.618. The van der Waals surface area contributed by atoms with Gasteiger partial charge in [-0.1, -0.05) is 23.3 Å². The van der Waals surface area contributed by atoms with E-state index in [4.69, 9.17) is 4.84 Å². The Hall–Kier alpha value is -3.08. The lowest BCUT2D eigenvalue weighted by Crippen LogP contribution is -2.33. The number of fused-ring (bicyclic) bond motifs is 1. The smallest absolute Gasteiger partial charge is 0.324 e. The molecule has 1 aliphatic heterocycles. The molecule has 2 aromatic rings. The van der Waals surface area contributed by atoms with Gasteiger partial charge in [0, 0.05) is 6.54 Å². The lowest BCUT2D eigenvalue weighted by atomic mass is 10.1. The summed E-state index contributed by atoms with van der Waals surface area (Å²) in [6.45, 7) is 2.55. The molecule has 0 fully saturated rings. The fourth-order valence-electron chi connectivity index (χ4n) is 3.06. The number of amides is 2. The van der Waals surface area contributed by atoms with Gasteiger partial charge in [-0.2, -0.15) is 0 Å². The van der Waals surface area contributed by atoms with Crippen molar-refractivity contribution < 1.29 is 27.6 Å². The molecule has 0 aromatic heterocycles. The lowest BCUT2D eigenvalue weighted by molar-refractivity contribution is -0.0585. The Kier molecular flexibility index (Phi) is 6.54. The Morgan fingerprint density at radius 1 is 1.06 bits per heavy atom. The molecule has 0 saturated heterocycles. The standard InChI is InChI=1S/C21H23N3O6S/c1-14-9-10-15(31(28,29)22-11-6-12-23(2)3)13-18(14)21(27)30-24-19(25)16-7-4-5-8-17(16)20(24)26/h4-5,7-10,13,22H,6,11-12H2,1-3H3. The first-order valence-corrected chi connectivity index (χ1v) is 11.1. The number of nitrogens with one attached hydrogen (secondary N) is 1. The largest absolute Gasteiger partial charge is 0.364 e. The average Bonchev–Trinajstić information content (AvgIpc) is 2.96. The molecule has 1 heterocycles. The van der Waals surface area contributed by atoms with Crippen molar-refractivity contribution in [2.75, 3.05) is 27.2 Å². The third-order valence-electron chi connectivity index (χ3n) is 4.74. The van der Waals surface area contributed by atoms with E-state index in [-0.39, 0.29) is 28.1 Å². The molecular weight excluding hydrogens is 422 g/mol. The van der Waals surface area contributed by atoms with Crippen molar-refractivity contribution in [1.29, 1.82) is 0 Å². The zero-order valence-electron chi connectivity index (χ0n) is 17.4. The van der Waals surface area contributed by atoms with Crippen LogP contribution in [-0.2, 0) is 14.9 Å². The number of hydrogen-bond donors (Lipinski definition) is 1. The van der Waals surface area contributed by atoms with Gasteiger partial charge in [0.1, 0.15) is 0 Å². The number of hydroxylamine groups is 2. The number of aryl methyl sites for hydroxylation is 1. The van der Waals surface area contributed by atoms with E-state index in [0.29, 0.717) is 23.6 Å². The van der Waals surface area contributed by atoms with Crippen LogP contribution in [0.4, 0.5) is 0 Å². The molecule has 0 unspecified atom stereocenters. The van der Waals surface area contributed by atoms with E-state index in [0.717, 1.165) is 0 Å². The highest BCUT2D eigenvalue weighted by Crippen LogP contribution is 2.24. The molecule has 0 aliphatic carbocycles. The minimum Gasteiger partial charge on any atom is -0.324 e. The molecule has 0 bridgehead atoms. The van der Waals surface area contributed by atoms with Crippen molar-refractivity contribution in [2.45, 2.75) is 18.2 Å². The summed E-state index contributed by atoms with van der Waals surface area (Å²) < 4.78 is 27.6. The number of sulfonamides is 1. The molecule has 0 spiro atoms. The second kappa shape index (κ2) is 8.96. The van der Waals surface area contributed by atoms with E-state index < -0.39 is 27.8 Å². The molecule has 2 amide bonds. The summed E-state index contributed by atoms with van der Waals surface area (Å²) >= 11 is 0. The van der Waals surface area contributed by atoms with E-state index >= 15 is 0 Å². The number of rotatable bonds is 8. The molecule has 9 nitrogen and oxygen atoms in total. The van der Waals surface area contributed by atoms with Crippen LogP contribution < -0.4 is 4.72 Å². The minimum absolute atomic E-state index is 0.0623. The molecule has 1 aliphatic rings. The van der Waals surface area contributed by atoms with Gasteiger partial charge in [0.25, 0.3) is 11.8 Å². The first kappa shape index (κ1) is 22.6. The highest BCUT2D eigenvalue weighted by molar-refractivity contribution is 7.89. The zero-order valence-corrected chi connectivity index (χ0v) is 18.2. The lowest BCUT2D eigenvalue weighted by Gasteiger charge is -2.15. The number of carbonyl (C=O) groups excluding carboxylic acids is 3. The van der Waals surface area contributed by atoms with E-state index in [1.54, 1.807) is 19.1 Å². The normalized spacial score (nSPS) is 13.6. The maximum Gasteiger partial charge on any atom is 0.364 e. The van der Waals surface area contributed by atoms with E-state index in [2.05, 4.69) is 4.72 Å². The van der Waals surface area contributed by atoms with Gasteiger partial charge in [0.2, 0.25) is 10.0 Å². The van der Waals surface area contributed by atoms with Gasteiger partial charge in [0.15, 0.2) is 0 Å². The molecule has 0 saturated carbocycles. The van der Waals surface area contributed by atoms with Gasteiger partial charge in [-0.3, -0.25) is 9.59 Å². The van der Waals surface area contributed by atoms with E-state index in [9.17, 15) is 22.8 Å². The molecular formula is C21H23N3O6S. The van der Waals surface area contributed by atoms with Crippen LogP contribution in [0, 0.1) is 6.92 Å². The summed E-state index contributed by atoms with van der Waals surface area (Å²) in [5, 5.41) is 0.396. The van der Waals surface area contributed by atoms with E-state index in [1.165, 1.54) is 30.3 Å². The van der Waals surface area contributed by atoms with Crippen molar-refractivity contribution in [3.8, 4) is 0 Å². The summed E-state index contributed by atoms with van der Waals surface area (Å²) in [4.78, 5) is 44.4. The predicted octanol–water partition coefficient (Wildman–Crippen LogP) is 1.59. The second-order valence-corrected chi connectivity index (χ2v) is 9.13. The summed E-state index contributed by atoms with van der Waals surface area (Å²) in [7, 11) is -0.0680. The van der Waals surface area contributed by atoms with Gasteiger partial charge in [0.05, 0.1) is 21.6 Å². The van der Waals surface area contributed by atoms with E-state index in [1.807, 2.05) is 19.0 Å². The fraction of sp³-hybridized carbons (Fsp3) is 0.286. The maximum absolute atomic E-state index is 12.7. The first-order valence-electron chi connectivity index (χ1n) is 9.57. The molecule has 31 heavy (non-hydrogen) atoms. The molecule has 0 radical (unpaired) electrons. The van der Waals surface area contributed by atoms with Crippen LogP contribution in [0.1, 0.15) is 43.1 Å². The van der Waals surface area contributed by atoms with Crippen molar-refractivity contribution in [3.63, 3.8) is 0 Å². The van der Waals surface area contributed by atoms with Gasteiger partial charge in [-0.05, 0) is 63.8 Å². The first-order chi connectivity index (χ1) is 14.6. The monoisotopic (exact) mass is 445 g/mol. The number of imide groups is 1. The van der Waals surface area contributed by atoms with Crippen molar-refractivity contribution in [3.05, 3.63) is 64.7 Å². The van der Waals surface area contributed by atoms with Crippen LogP contribution in [0.25, 0.3) is 0 Å². The molecule has 0 atom stereocenters. The maximum atomic E-state index is 12.7. The summed E-state index contributed by atoms with van der Waals surface area (Å²) in [5.41, 5.74) is 0.645. The number of benzene rings is 2. The minimum atomic E-state index is -3.85. The zero-order chi connectivity index (χ0) is 22.8. The quantitative estimate of drug-likeness (QED) is 0.485. The van der Waals surface area contributed by atoms with Crippen LogP contribution in [0.15, 0.2) is 47.4 Å². The van der Waals surface area contributed by atoms with Crippen LogP contribution in [0.3, 0.4) is 0 Å². The Morgan fingerprint density at radius 3 is 2.26 bits per heavy atom. The van der Waals surface area contributed by atoms with Crippen LogP contribution in [-0.4, -0.2) is 63.3 Å². The van der Waals surface area contributed by atoms with Gasteiger partial charge in [-0.25, -0.2) is 17.9 Å². The molecule has 10 heteroatoms. The van der Waals surface area contributed by atoms with Crippen molar-refractivity contribution in [2.24, 2.45) is 0 Å². The number of hydrogen-bond acceptors (Lipinski definition) is 7. The molecule has 2 aromatic carbocycles. The van der Waals surface area contributed by atoms with Crippen LogP contribution in [0.5, 0.6) is 0 Å². The topological polar surface area (TPSA) is 113 Å². The van der Waals surface area contributed by atoms with Crippen LogP contribution >= 0.6 is 0 Å². The third kappa shape index (κ3) is 4.82. The van der Waals surface area contributed by atoms with Crippen molar-refractivity contribution in [1.82, 2.24) is 14.7 Å². The van der Waals surface area contributed by atoms with Crippen LogP contribution in [0.2, 0.25) is 0 Å². The van der Waals surface area contributed by atoms with Gasteiger partial charge >= 0.3 is 5.97 Å². The number of carbonyl (C=O) groups is 3. The highest BCUT2D eigenvalue weighted by Gasteiger charge is 2.39. The number of nitrogens with zero attached hydrogens (tertiary/aromatic N) is 2. The summed E-state index contributed by atoms with van der Waals surface area (Å²) in [6, 6.07) is 10.1. The predicted molar refractivity (Wildman–Crippen MR) is 112 cm³/mol. The molecule has 3 rings (SSSR count). The highest BCUT2D eigenvalue weighted by atomic mass is 32.2. The Labute approximate surface area is 180 Å². The fourth-order valence-corrected chi connectivity index (χ4v) is 4.16. The Balaban J connectivity index is 1.77. The van der Waals surface area contributed by atoms with Gasteiger partial charge < -0.3 is 9.74 Å². The Bertz CT molecular complexity index is 1110. The Morgan fingerprint density at radius 2 is 1.68 bits per heavy atom. The summed E-state index contributed by atoms with van der Waals surface area (Å²) in [5.74, 6) is -2.51.